The summed E-state index contributed by atoms with van der Waals surface area (Å²) < 4.78 is 16.5. The molecule has 21 heavy (non-hydrogen) atoms. The van der Waals surface area contributed by atoms with Crippen molar-refractivity contribution < 1.29 is 4.55 Å². The highest BCUT2D eigenvalue weighted by molar-refractivity contribution is 9.10. The third kappa shape index (κ3) is 4.58. The van der Waals surface area contributed by atoms with Gasteiger partial charge in [-0.1, -0.05) is 58.4 Å². The molecular formula is C17H20BrNOS. The fraction of sp³-hybridized carbons (Fsp3) is 0.294. The van der Waals surface area contributed by atoms with Gasteiger partial charge in [0.2, 0.25) is 0 Å². The number of benzene rings is 2. The Labute approximate surface area is 138 Å². The summed E-state index contributed by atoms with van der Waals surface area (Å²) >= 11 is 2.32. The summed E-state index contributed by atoms with van der Waals surface area (Å²) in [7, 11) is 0. The Balaban J connectivity index is 2.33. The Bertz CT molecular complexity index is 566. The van der Waals surface area contributed by atoms with Gasteiger partial charge in [0, 0.05) is 15.8 Å². The minimum Gasteiger partial charge on any atom is -0.598 e. The fourth-order valence-corrected chi connectivity index (χ4v) is 3.02. The van der Waals surface area contributed by atoms with Gasteiger partial charge in [-0.15, -0.1) is 4.72 Å². The molecule has 2 rings (SSSR count). The second kappa shape index (κ2) is 6.97. The third-order valence-corrected chi connectivity index (χ3v) is 5.21. The Hall–Kier alpha value is -0.810. The first-order valence-electron chi connectivity index (χ1n) is 6.86. The van der Waals surface area contributed by atoms with Gasteiger partial charge in [-0.25, -0.2) is 0 Å². The fourth-order valence-electron chi connectivity index (χ4n) is 1.91. The third-order valence-electron chi connectivity index (χ3n) is 3.12. The van der Waals surface area contributed by atoms with E-state index in [1.54, 1.807) is 0 Å². The number of halogens is 1. The summed E-state index contributed by atoms with van der Waals surface area (Å²) in [5.74, 6) is 0. The lowest BCUT2D eigenvalue weighted by molar-refractivity contribution is 0.535. The molecule has 2 aromatic rings. The van der Waals surface area contributed by atoms with E-state index in [1.807, 2.05) is 51.1 Å². The lowest BCUT2D eigenvalue weighted by Crippen LogP contribution is -2.41. The first kappa shape index (κ1) is 16.6. The Kier molecular flexibility index (Phi) is 5.49. The van der Waals surface area contributed by atoms with Crippen molar-refractivity contribution in [2.45, 2.75) is 31.6 Å². The molecule has 0 aliphatic heterocycles. The standard InChI is InChI=1S/C17H20BrNOS/c1-17(2,3)21(20)19-16(13-7-5-4-6-8-13)14-9-11-15(18)12-10-14/h4-12,16,19H,1-3H3/t16-,21+/m0/s1. The van der Waals surface area contributed by atoms with Gasteiger partial charge >= 0.3 is 0 Å². The first-order valence-corrected chi connectivity index (χ1v) is 8.80. The summed E-state index contributed by atoms with van der Waals surface area (Å²) in [5.41, 5.74) is 2.21. The van der Waals surface area contributed by atoms with E-state index in [0.29, 0.717) is 0 Å². The van der Waals surface area contributed by atoms with Crippen molar-refractivity contribution in [1.29, 1.82) is 0 Å². The molecule has 1 N–H and O–H groups in total. The van der Waals surface area contributed by atoms with Gasteiger partial charge in [0.15, 0.2) is 0 Å². The Morgan fingerprint density at radius 3 is 2.00 bits per heavy atom. The molecule has 0 aliphatic carbocycles. The van der Waals surface area contributed by atoms with E-state index >= 15 is 0 Å². The lowest BCUT2D eigenvalue weighted by atomic mass is 10.00. The maximum Gasteiger partial charge on any atom is 0.136 e. The molecule has 0 saturated carbocycles. The number of nitrogens with one attached hydrogen (secondary N) is 1. The summed E-state index contributed by atoms with van der Waals surface area (Å²) in [6.07, 6.45) is 0. The van der Waals surface area contributed by atoms with E-state index in [-0.39, 0.29) is 10.8 Å². The van der Waals surface area contributed by atoms with Crippen molar-refractivity contribution in [3.05, 3.63) is 70.2 Å². The van der Waals surface area contributed by atoms with Gasteiger partial charge in [-0.2, -0.15) is 0 Å². The van der Waals surface area contributed by atoms with Gasteiger partial charge in [-0.3, -0.25) is 0 Å². The smallest absolute Gasteiger partial charge is 0.136 e. The maximum atomic E-state index is 12.5. The molecule has 0 aliphatic rings. The average molecular weight is 366 g/mol. The molecule has 0 heterocycles. The SMILES string of the molecule is CC(C)(C)[S@@+]([O-])N[C@@H](c1ccccc1)c1ccc(Br)cc1. The summed E-state index contributed by atoms with van der Waals surface area (Å²) in [4.78, 5) is 0. The number of hydrogen-bond acceptors (Lipinski definition) is 2. The molecule has 0 amide bonds. The number of rotatable bonds is 4. The van der Waals surface area contributed by atoms with Crippen LogP contribution in [0.1, 0.15) is 37.9 Å². The van der Waals surface area contributed by atoms with E-state index in [2.05, 4.69) is 44.9 Å². The van der Waals surface area contributed by atoms with Crippen molar-refractivity contribution in [3.8, 4) is 0 Å². The zero-order valence-electron chi connectivity index (χ0n) is 12.5. The van der Waals surface area contributed by atoms with E-state index in [4.69, 9.17) is 0 Å². The van der Waals surface area contributed by atoms with Crippen molar-refractivity contribution >= 4 is 27.3 Å². The Morgan fingerprint density at radius 2 is 1.48 bits per heavy atom. The normalized spacial score (nSPS) is 14.7. The van der Waals surface area contributed by atoms with Crippen LogP contribution in [0.4, 0.5) is 0 Å². The predicted octanol–water partition coefficient (Wildman–Crippen LogP) is 4.59. The van der Waals surface area contributed by atoms with Gasteiger partial charge in [0.05, 0.1) is 0 Å². The highest BCUT2D eigenvalue weighted by Gasteiger charge is 2.30. The molecule has 0 unspecified atom stereocenters. The van der Waals surface area contributed by atoms with Crippen LogP contribution in [0.5, 0.6) is 0 Å². The van der Waals surface area contributed by atoms with E-state index < -0.39 is 11.4 Å². The van der Waals surface area contributed by atoms with Crippen molar-refractivity contribution in [2.24, 2.45) is 0 Å². The van der Waals surface area contributed by atoms with Gasteiger partial charge in [0.25, 0.3) is 0 Å². The molecule has 2 aromatic carbocycles. The molecule has 4 heteroatoms. The van der Waals surface area contributed by atoms with Crippen LogP contribution in [0, 0.1) is 0 Å². The molecular weight excluding hydrogens is 346 g/mol. The highest BCUT2D eigenvalue weighted by Crippen LogP contribution is 2.26. The molecule has 0 saturated heterocycles. The first-order chi connectivity index (χ1) is 9.88. The molecule has 0 fully saturated rings. The van der Waals surface area contributed by atoms with Gasteiger partial charge in [0.1, 0.15) is 10.8 Å². The van der Waals surface area contributed by atoms with E-state index in [9.17, 15) is 4.55 Å². The summed E-state index contributed by atoms with van der Waals surface area (Å²) in [5, 5.41) is 0. The van der Waals surface area contributed by atoms with Crippen LogP contribution in [0.2, 0.25) is 0 Å². The minimum atomic E-state index is -1.14. The lowest BCUT2D eigenvalue weighted by Gasteiger charge is -2.28. The highest BCUT2D eigenvalue weighted by atomic mass is 79.9. The second-order valence-electron chi connectivity index (χ2n) is 5.89. The van der Waals surface area contributed by atoms with Crippen LogP contribution in [0.15, 0.2) is 59.1 Å². The molecule has 0 bridgehead atoms. The topological polar surface area (TPSA) is 35.1 Å². The van der Waals surface area contributed by atoms with Gasteiger partial charge in [-0.05, 0) is 44.0 Å². The van der Waals surface area contributed by atoms with Crippen molar-refractivity contribution in [3.63, 3.8) is 0 Å². The zero-order chi connectivity index (χ0) is 15.5. The minimum absolute atomic E-state index is 0.0839. The van der Waals surface area contributed by atoms with Crippen molar-refractivity contribution in [1.82, 2.24) is 4.72 Å². The molecule has 0 aromatic heterocycles. The van der Waals surface area contributed by atoms with Crippen LogP contribution in [0.3, 0.4) is 0 Å². The van der Waals surface area contributed by atoms with E-state index in [0.717, 1.165) is 15.6 Å². The largest absolute Gasteiger partial charge is 0.598 e. The predicted molar refractivity (Wildman–Crippen MR) is 93.5 cm³/mol. The average Bonchev–Trinajstić information content (AvgIpc) is 2.45. The summed E-state index contributed by atoms with van der Waals surface area (Å²) in [6.45, 7) is 5.92. The second-order valence-corrected chi connectivity index (χ2v) is 8.81. The van der Waals surface area contributed by atoms with Crippen LogP contribution in [0.25, 0.3) is 0 Å². The zero-order valence-corrected chi connectivity index (χ0v) is 14.9. The molecule has 112 valence electrons. The molecule has 2 atom stereocenters. The van der Waals surface area contributed by atoms with Crippen molar-refractivity contribution in [2.75, 3.05) is 0 Å². The van der Waals surface area contributed by atoms with Gasteiger partial charge < -0.3 is 4.55 Å². The monoisotopic (exact) mass is 365 g/mol. The maximum absolute atomic E-state index is 12.5. The summed E-state index contributed by atoms with van der Waals surface area (Å²) in [6, 6.07) is 18.1. The quantitative estimate of drug-likeness (QED) is 0.804. The number of hydrogen-bond donors (Lipinski definition) is 1. The molecule has 0 radical (unpaired) electrons. The van der Waals surface area contributed by atoms with Crippen LogP contribution in [-0.4, -0.2) is 9.30 Å². The van der Waals surface area contributed by atoms with Crippen LogP contribution in [-0.2, 0) is 11.4 Å². The van der Waals surface area contributed by atoms with Crippen LogP contribution >= 0.6 is 15.9 Å². The Morgan fingerprint density at radius 1 is 0.952 bits per heavy atom. The molecule has 2 nitrogen and oxygen atoms in total. The molecule has 0 spiro atoms. The van der Waals surface area contributed by atoms with Crippen LogP contribution < -0.4 is 4.72 Å². The van der Waals surface area contributed by atoms with E-state index in [1.165, 1.54) is 0 Å².